The predicted octanol–water partition coefficient (Wildman–Crippen LogP) is 4.58. The van der Waals surface area contributed by atoms with Crippen LogP contribution in [0.2, 0.25) is 0 Å². The van der Waals surface area contributed by atoms with Gasteiger partial charge in [-0.3, -0.25) is 0 Å². The number of piperidine rings is 1. The molecule has 1 saturated heterocycles. The molecule has 1 aliphatic carbocycles. The van der Waals surface area contributed by atoms with Crippen molar-refractivity contribution in [2.75, 3.05) is 13.1 Å². The fourth-order valence-corrected chi connectivity index (χ4v) is 4.60. The third-order valence-corrected chi connectivity index (χ3v) is 6.39. The summed E-state index contributed by atoms with van der Waals surface area (Å²) in [6.07, 6.45) is 6.59. The minimum absolute atomic E-state index is 0.0565. The summed E-state index contributed by atoms with van der Waals surface area (Å²) in [7, 11) is 0. The average Bonchev–Trinajstić information content (AvgIpc) is 3.25. The van der Waals surface area contributed by atoms with Crippen LogP contribution in [-0.2, 0) is 5.41 Å². The number of thiophene rings is 1. The number of hydrogen-bond acceptors (Lipinski definition) is 2. The van der Waals surface area contributed by atoms with E-state index in [-0.39, 0.29) is 17.5 Å². The summed E-state index contributed by atoms with van der Waals surface area (Å²) >= 11 is 1.68. The summed E-state index contributed by atoms with van der Waals surface area (Å²) < 4.78 is 0. The maximum absolute atomic E-state index is 12.6. The van der Waals surface area contributed by atoms with Gasteiger partial charge < -0.3 is 10.2 Å². The van der Waals surface area contributed by atoms with Gasteiger partial charge in [0.2, 0.25) is 0 Å². The molecule has 124 valence electrons. The highest BCUT2D eigenvalue weighted by Crippen LogP contribution is 2.43. The lowest BCUT2D eigenvalue weighted by Gasteiger charge is -2.39. The first kappa shape index (κ1) is 15.5. The van der Waals surface area contributed by atoms with E-state index in [1.165, 1.54) is 16.0 Å². The van der Waals surface area contributed by atoms with Crippen molar-refractivity contribution >= 4 is 23.4 Å². The predicted molar refractivity (Wildman–Crippen MR) is 99.2 cm³/mol. The van der Waals surface area contributed by atoms with Crippen LogP contribution in [-0.4, -0.2) is 24.0 Å². The van der Waals surface area contributed by atoms with Gasteiger partial charge in [-0.1, -0.05) is 42.5 Å². The Hall–Kier alpha value is -2.07. The molecule has 1 fully saturated rings. The Labute approximate surface area is 147 Å². The second kappa shape index (κ2) is 6.10. The topological polar surface area (TPSA) is 32.3 Å². The van der Waals surface area contributed by atoms with Crippen LogP contribution in [0.3, 0.4) is 0 Å². The molecule has 1 spiro atoms. The zero-order valence-corrected chi connectivity index (χ0v) is 14.7. The number of benzene rings is 1. The molecular weight excluding hydrogens is 316 g/mol. The van der Waals surface area contributed by atoms with Crippen LogP contribution in [0.1, 0.15) is 41.8 Å². The maximum Gasteiger partial charge on any atom is 0.317 e. The molecule has 3 nitrogen and oxygen atoms in total. The highest BCUT2D eigenvalue weighted by atomic mass is 32.1. The number of likely N-dealkylation sites (tertiary alicyclic amines) is 1. The maximum atomic E-state index is 12.6. The largest absolute Gasteiger partial charge is 0.331 e. The summed E-state index contributed by atoms with van der Waals surface area (Å²) in [5.74, 6) is 0. The molecule has 4 rings (SSSR count). The number of carbonyl (C=O) groups is 1. The van der Waals surface area contributed by atoms with E-state index in [2.05, 4.69) is 47.8 Å². The summed E-state index contributed by atoms with van der Waals surface area (Å²) in [6.45, 7) is 3.66. The first-order chi connectivity index (χ1) is 11.7. The van der Waals surface area contributed by atoms with Crippen LogP contribution < -0.4 is 5.32 Å². The van der Waals surface area contributed by atoms with Crippen LogP contribution in [0.5, 0.6) is 0 Å². The summed E-state index contributed by atoms with van der Waals surface area (Å²) in [4.78, 5) is 15.7. The van der Waals surface area contributed by atoms with Gasteiger partial charge in [-0.05, 0) is 42.3 Å². The van der Waals surface area contributed by atoms with E-state index < -0.39 is 0 Å². The van der Waals surface area contributed by atoms with Crippen molar-refractivity contribution in [3.8, 4) is 0 Å². The van der Waals surface area contributed by atoms with Gasteiger partial charge >= 0.3 is 6.03 Å². The Kier molecular flexibility index (Phi) is 3.93. The number of fused-ring (bicyclic) bond motifs is 2. The van der Waals surface area contributed by atoms with Crippen molar-refractivity contribution in [2.45, 2.75) is 31.2 Å². The summed E-state index contributed by atoms with van der Waals surface area (Å²) in [5.41, 5.74) is 2.89. The number of nitrogens with one attached hydrogen (secondary N) is 1. The van der Waals surface area contributed by atoms with Crippen molar-refractivity contribution in [1.29, 1.82) is 0 Å². The molecule has 0 saturated carbocycles. The Balaban J connectivity index is 1.40. The Morgan fingerprint density at radius 1 is 1.21 bits per heavy atom. The molecule has 1 aliphatic heterocycles. The summed E-state index contributed by atoms with van der Waals surface area (Å²) in [5, 5.41) is 5.18. The highest BCUT2D eigenvalue weighted by Gasteiger charge is 2.38. The molecular formula is C20H22N2OS. The van der Waals surface area contributed by atoms with E-state index in [4.69, 9.17) is 0 Å². The lowest BCUT2D eigenvalue weighted by atomic mass is 9.74. The second-order valence-electron chi connectivity index (χ2n) is 6.75. The van der Waals surface area contributed by atoms with Crippen LogP contribution in [0.25, 0.3) is 6.08 Å². The molecule has 2 heterocycles. The number of nitrogens with zero attached hydrogens (tertiary/aromatic N) is 1. The molecule has 4 heteroatoms. The lowest BCUT2D eigenvalue weighted by Crippen LogP contribution is -2.48. The smallest absolute Gasteiger partial charge is 0.317 e. The van der Waals surface area contributed by atoms with Gasteiger partial charge in [-0.15, -0.1) is 11.3 Å². The monoisotopic (exact) mass is 338 g/mol. The molecule has 1 N–H and O–H groups in total. The lowest BCUT2D eigenvalue weighted by molar-refractivity contribution is 0.168. The fourth-order valence-electron chi connectivity index (χ4n) is 3.86. The normalized spacial score (nSPS) is 19.3. The van der Waals surface area contributed by atoms with Gasteiger partial charge in [0.1, 0.15) is 0 Å². The van der Waals surface area contributed by atoms with Crippen molar-refractivity contribution in [3.63, 3.8) is 0 Å². The van der Waals surface area contributed by atoms with E-state index in [0.717, 1.165) is 25.9 Å². The quantitative estimate of drug-likeness (QED) is 0.854. The van der Waals surface area contributed by atoms with E-state index in [1.54, 1.807) is 11.3 Å². The minimum Gasteiger partial charge on any atom is -0.331 e. The van der Waals surface area contributed by atoms with Crippen molar-refractivity contribution in [3.05, 3.63) is 63.9 Å². The number of hydrogen-bond donors (Lipinski definition) is 1. The molecule has 2 aliphatic rings. The molecule has 2 aromatic rings. The average molecular weight is 338 g/mol. The van der Waals surface area contributed by atoms with E-state index in [0.29, 0.717) is 0 Å². The first-order valence-corrected chi connectivity index (χ1v) is 9.43. The zero-order valence-electron chi connectivity index (χ0n) is 13.9. The van der Waals surface area contributed by atoms with Crippen LogP contribution in [0, 0.1) is 0 Å². The standard InChI is InChI=1S/C20H22N2OS/c1-15(18-7-4-14-24-18)21-19(23)22-12-10-20(11-13-22)9-8-16-5-2-3-6-17(16)20/h2-9,14-15H,10-13H2,1H3,(H,21,23)/t15-/m1/s1. The number of carbonyl (C=O) groups excluding carboxylic acids is 1. The number of rotatable bonds is 2. The molecule has 1 atom stereocenters. The van der Waals surface area contributed by atoms with Gasteiger partial charge in [0.15, 0.2) is 0 Å². The van der Waals surface area contributed by atoms with Gasteiger partial charge in [0.05, 0.1) is 6.04 Å². The van der Waals surface area contributed by atoms with Crippen molar-refractivity contribution in [1.82, 2.24) is 10.2 Å². The highest BCUT2D eigenvalue weighted by molar-refractivity contribution is 7.10. The van der Waals surface area contributed by atoms with Gasteiger partial charge in [-0.25, -0.2) is 4.79 Å². The number of urea groups is 1. The number of amides is 2. The Morgan fingerprint density at radius 3 is 2.75 bits per heavy atom. The molecule has 2 amide bonds. The molecule has 0 radical (unpaired) electrons. The van der Waals surface area contributed by atoms with E-state index in [1.807, 2.05) is 23.3 Å². The molecule has 0 unspecified atom stereocenters. The van der Waals surface area contributed by atoms with E-state index in [9.17, 15) is 4.79 Å². The molecule has 24 heavy (non-hydrogen) atoms. The van der Waals surface area contributed by atoms with Gasteiger partial charge in [0, 0.05) is 23.4 Å². The summed E-state index contributed by atoms with van der Waals surface area (Å²) in [6, 6.07) is 12.9. The first-order valence-electron chi connectivity index (χ1n) is 8.56. The molecule has 0 bridgehead atoms. The minimum atomic E-state index is 0.0565. The van der Waals surface area contributed by atoms with Gasteiger partial charge in [0.25, 0.3) is 0 Å². The Morgan fingerprint density at radius 2 is 2.00 bits per heavy atom. The van der Waals surface area contributed by atoms with Crippen LogP contribution in [0.4, 0.5) is 4.79 Å². The van der Waals surface area contributed by atoms with Crippen LogP contribution in [0.15, 0.2) is 47.9 Å². The van der Waals surface area contributed by atoms with E-state index >= 15 is 0 Å². The fraction of sp³-hybridized carbons (Fsp3) is 0.350. The molecule has 1 aromatic carbocycles. The Bertz CT molecular complexity index is 758. The van der Waals surface area contributed by atoms with Crippen LogP contribution >= 0.6 is 11.3 Å². The third kappa shape index (κ3) is 2.65. The van der Waals surface area contributed by atoms with Gasteiger partial charge in [-0.2, -0.15) is 0 Å². The van der Waals surface area contributed by atoms with Crippen molar-refractivity contribution in [2.24, 2.45) is 0 Å². The third-order valence-electron chi connectivity index (χ3n) is 5.33. The second-order valence-corrected chi connectivity index (χ2v) is 7.73. The zero-order chi connectivity index (χ0) is 16.6. The molecule has 1 aromatic heterocycles. The number of allylic oxidation sites excluding steroid dienone is 1. The SMILES string of the molecule is C[C@@H](NC(=O)N1CCC2(C=Cc3ccccc32)CC1)c1cccs1. The van der Waals surface area contributed by atoms with Crippen molar-refractivity contribution < 1.29 is 4.79 Å².